The van der Waals surface area contributed by atoms with Crippen LogP contribution in [0.2, 0.25) is 0 Å². The van der Waals surface area contributed by atoms with Crippen molar-refractivity contribution in [3.63, 3.8) is 0 Å². The minimum absolute atomic E-state index is 0.0972. The maximum Gasteiger partial charge on any atom is 0.243 e. The zero-order chi connectivity index (χ0) is 21.8. The van der Waals surface area contributed by atoms with Crippen molar-refractivity contribution in [2.24, 2.45) is 0 Å². The van der Waals surface area contributed by atoms with Gasteiger partial charge in [0.2, 0.25) is 10.0 Å². The Bertz CT molecular complexity index is 1080. The van der Waals surface area contributed by atoms with Crippen LogP contribution in [0.15, 0.2) is 88.2 Å². The summed E-state index contributed by atoms with van der Waals surface area (Å²) in [5, 5.41) is 0. The number of benzene rings is 3. The van der Waals surface area contributed by atoms with Crippen LogP contribution < -0.4 is 4.74 Å². The Morgan fingerprint density at radius 2 is 1.39 bits per heavy atom. The SMILES string of the molecule is COc1cc(S(=O)(=O)N2CCN(C(c3ccccc3)c3ccccc3)CC2)ccc1Br. The third-order valence-electron chi connectivity index (χ3n) is 5.63. The van der Waals surface area contributed by atoms with Gasteiger partial charge < -0.3 is 4.74 Å². The van der Waals surface area contributed by atoms with Gasteiger partial charge in [-0.05, 0) is 39.2 Å². The van der Waals surface area contributed by atoms with Crippen LogP contribution in [0, 0.1) is 0 Å². The smallest absolute Gasteiger partial charge is 0.243 e. The molecule has 0 atom stereocenters. The fourth-order valence-corrected chi connectivity index (χ4v) is 5.88. The Balaban J connectivity index is 1.55. The van der Waals surface area contributed by atoms with Crippen molar-refractivity contribution < 1.29 is 13.2 Å². The summed E-state index contributed by atoms with van der Waals surface area (Å²) in [6.07, 6.45) is 0. The van der Waals surface area contributed by atoms with E-state index in [1.165, 1.54) is 18.2 Å². The highest BCUT2D eigenvalue weighted by Gasteiger charge is 2.32. The quantitative estimate of drug-likeness (QED) is 0.497. The molecular weight excluding hydrogens is 476 g/mol. The van der Waals surface area contributed by atoms with Gasteiger partial charge in [0.05, 0.1) is 22.5 Å². The van der Waals surface area contributed by atoms with Gasteiger partial charge in [0, 0.05) is 32.2 Å². The van der Waals surface area contributed by atoms with Gasteiger partial charge in [-0.3, -0.25) is 4.90 Å². The van der Waals surface area contributed by atoms with Gasteiger partial charge in [-0.1, -0.05) is 60.7 Å². The largest absolute Gasteiger partial charge is 0.496 e. The predicted molar refractivity (Wildman–Crippen MR) is 126 cm³/mol. The van der Waals surface area contributed by atoms with E-state index in [2.05, 4.69) is 45.1 Å². The molecule has 31 heavy (non-hydrogen) atoms. The standard InChI is InChI=1S/C24H25BrN2O3S/c1-30-23-18-21(12-13-22(23)25)31(28,29)27-16-14-26(15-17-27)24(19-8-4-2-5-9-19)20-10-6-3-7-11-20/h2-13,18,24H,14-17H2,1H3. The van der Waals surface area contributed by atoms with E-state index in [0.717, 1.165) is 4.47 Å². The van der Waals surface area contributed by atoms with Crippen LogP contribution >= 0.6 is 15.9 Å². The topological polar surface area (TPSA) is 49.9 Å². The molecule has 162 valence electrons. The maximum atomic E-state index is 13.2. The lowest BCUT2D eigenvalue weighted by molar-refractivity contribution is 0.156. The van der Waals surface area contributed by atoms with Crippen molar-refractivity contribution in [3.8, 4) is 5.75 Å². The number of rotatable bonds is 6. The van der Waals surface area contributed by atoms with Crippen LogP contribution in [0.4, 0.5) is 0 Å². The van der Waals surface area contributed by atoms with E-state index >= 15 is 0 Å². The lowest BCUT2D eigenvalue weighted by Crippen LogP contribution is -2.49. The number of nitrogens with zero attached hydrogens (tertiary/aromatic N) is 2. The molecule has 4 rings (SSSR count). The molecule has 0 aromatic heterocycles. The number of methoxy groups -OCH3 is 1. The number of hydrogen-bond acceptors (Lipinski definition) is 4. The molecule has 1 aliphatic rings. The van der Waals surface area contributed by atoms with Crippen molar-refractivity contribution in [2.75, 3.05) is 33.3 Å². The Kier molecular flexibility index (Phi) is 6.77. The lowest BCUT2D eigenvalue weighted by atomic mass is 9.96. The van der Waals surface area contributed by atoms with E-state index in [-0.39, 0.29) is 10.9 Å². The Morgan fingerprint density at radius 3 is 1.90 bits per heavy atom. The molecule has 0 saturated carbocycles. The summed E-state index contributed by atoms with van der Waals surface area (Å²) in [6.45, 7) is 2.19. The summed E-state index contributed by atoms with van der Waals surface area (Å²) in [4.78, 5) is 2.61. The summed E-state index contributed by atoms with van der Waals surface area (Å²) in [6, 6.07) is 25.8. The van der Waals surface area contributed by atoms with Crippen molar-refractivity contribution in [1.82, 2.24) is 9.21 Å². The Morgan fingerprint density at radius 1 is 0.839 bits per heavy atom. The summed E-state index contributed by atoms with van der Waals surface area (Å²) in [7, 11) is -2.05. The average molecular weight is 501 g/mol. The van der Waals surface area contributed by atoms with Gasteiger partial charge in [0.15, 0.2) is 0 Å². The predicted octanol–water partition coefficient (Wildman–Crippen LogP) is 4.55. The van der Waals surface area contributed by atoms with Gasteiger partial charge in [-0.2, -0.15) is 4.31 Å². The molecule has 1 heterocycles. The molecule has 0 aliphatic carbocycles. The van der Waals surface area contributed by atoms with Gasteiger partial charge in [-0.15, -0.1) is 0 Å². The monoisotopic (exact) mass is 500 g/mol. The summed E-state index contributed by atoms with van der Waals surface area (Å²) >= 11 is 3.38. The van der Waals surface area contributed by atoms with Crippen molar-refractivity contribution in [3.05, 3.63) is 94.5 Å². The van der Waals surface area contributed by atoms with Gasteiger partial charge in [0.1, 0.15) is 5.75 Å². The summed E-state index contributed by atoms with van der Waals surface area (Å²) in [5.74, 6) is 0.507. The van der Waals surface area contributed by atoms with E-state index in [0.29, 0.717) is 31.9 Å². The fraction of sp³-hybridized carbons (Fsp3) is 0.250. The zero-order valence-electron chi connectivity index (χ0n) is 17.3. The van der Waals surface area contributed by atoms with Crippen LogP contribution in [0.25, 0.3) is 0 Å². The zero-order valence-corrected chi connectivity index (χ0v) is 19.7. The molecule has 1 aliphatic heterocycles. The van der Waals surface area contributed by atoms with Gasteiger partial charge in [-0.25, -0.2) is 8.42 Å². The maximum absolute atomic E-state index is 13.2. The van der Waals surface area contributed by atoms with E-state index in [4.69, 9.17) is 4.74 Å². The number of halogens is 1. The third kappa shape index (κ3) is 4.70. The Hall–Kier alpha value is -2.19. The number of sulfonamides is 1. The number of ether oxygens (including phenoxy) is 1. The molecule has 7 heteroatoms. The fourth-order valence-electron chi connectivity index (χ4n) is 4.04. The second-order valence-corrected chi connectivity index (χ2v) is 10.3. The van der Waals surface area contributed by atoms with Crippen LogP contribution in [-0.4, -0.2) is 50.9 Å². The van der Waals surface area contributed by atoms with Crippen molar-refractivity contribution >= 4 is 26.0 Å². The third-order valence-corrected chi connectivity index (χ3v) is 8.18. The summed E-state index contributed by atoms with van der Waals surface area (Å²) < 4.78 is 34.0. The van der Waals surface area contributed by atoms with Crippen LogP contribution in [-0.2, 0) is 10.0 Å². The lowest BCUT2D eigenvalue weighted by Gasteiger charge is -2.39. The minimum atomic E-state index is -3.58. The first kappa shape index (κ1) is 22.0. The van der Waals surface area contributed by atoms with Crippen molar-refractivity contribution in [1.29, 1.82) is 0 Å². The molecule has 0 N–H and O–H groups in total. The molecule has 0 unspecified atom stereocenters. The molecule has 1 fully saturated rings. The van der Waals surface area contributed by atoms with Crippen LogP contribution in [0.1, 0.15) is 17.2 Å². The highest BCUT2D eigenvalue weighted by molar-refractivity contribution is 9.10. The molecule has 5 nitrogen and oxygen atoms in total. The Labute approximate surface area is 192 Å². The van der Waals surface area contributed by atoms with Gasteiger partial charge in [0.25, 0.3) is 0 Å². The molecule has 0 radical (unpaired) electrons. The van der Waals surface area contributed by atoms with E-state index in [9.17, 15) is 8.42 Å². The first-order chi connectivity index (χ1) is 15.0. The second kappa shape index (κ2) is 9.53. The molecule has 3 aromatic carbocycles. The summed E-state index contributed by atoms with van der Waals surface area (Å²) in [5.41, 5.74) is 2.42. The molecule has 0 bridgehead atoms. The first-order valence-corrected chi connectivity index (χ1v) is 12.4. The van der Waals surface area contributed by atoms with E-state index in [1.807, 2.05) is 36.4 Å². The molecule has 0 amide bonds. The van der Waals surface area contributed by atoms with Crippen LogP contribution in [0.5, 0.6) is 5.75 Å². The molecule has 1 saturated heterocycles. The van der Waals surface area contributed by atoms with Gasteiger partial charge >= 0.3 is 0 Å². The van der Waals surface area contributed by atoms with E-state index < -0.39 is 10.0 Å². The molecular formula is C24H25BrN2O3S. The first-order valence-electron chi connectivity index (χ1n) is 10.2. The second-order valence-electron chi connectivity index (χ2n) is 7.46. The van der Waals surface area contributed by atoms with E-state index in [1.54, 1.807) is 22.5 Å². The normalized spacial score (nSPS) is 15.8. The average Bonchev–Trinajstić information content (AvgIpc) is 2.81. The molecule has 0 spiro atoms. The molecule has 3 aromatic rings. The number of piperazine rings is 1. The minimum Gasteiger partial charge on any atom is -0.496 e. The highest BCUT2D eigenvalue weighted by atomic mass is 79.9. The van der Waals surface area contributed by atoms with Crippen molar-refractivity contribution in [2.45, 2.75) is 10.9 Å². The van der Waals surface area contributed by atoms with Crippen LogP contribution in [0.3, 0.4) is 0 Å². The highest BCUT2D eigenvalue weighted by Crippen LogP contribution is 2.32. The number of hydrogen-bond donors (Lipinski definition) is 0.